The van der Waals surface area contributed by atoms with E-state index in [-0.39, 0.29) is 11.5 Å². The summed E-state index contributed by atoms with van der Waals surface area (Å²) in [5.74, 6) is -1.28. The predicted molar refractivity (Wildman–Crippen MR) is 91.8 cm³/mol. The SMILES string of the molecule is O=C([O-])c1ccc(C2C(=O)N(Cc3ccccc3)Cc3cncn32)cc1. The number of amides is 1. The quantitative estimate of drug-likeness (QED) is 0.715. The molecule has 0 fully saturated rings. The Morgan fingerprint density at radius 3 is 2.54 bits per heavy atom. The summed E-state index contributed by atoms with van der Waals surface area (Å²) in [4.78, 5) is 30.1. The molecule has 4 rings (SSSR count). The van der Waals surface area contributed by atoms with Gasteiger partial charge in [0.1, 0.15) is 6.04 Å². The van der Waals surface area contributed by atoms with Crippen LogP contribution < -0.4 is 5.11 Å². The van der Waals surface area contributed by atoms with E-state index in [2.05, 4.69) is 4.98 Å². The number of hydrogen-bond acceptors (Lipinski definition) is 4. The van der Waals surface area contributed by atoms with Gasteiger partial charge in [-0.05, 0) is 16.7 Å². The first kappa shape index (κ1) is 16.1. The van der Waals surface area contributed by atoms with Crippen LogP contribution in [0.5, 0.6) is 0 Å². The number of carbonyl (C=O) groups excluding carboxylic acids is 2. The molecule has 1 amide bonds. The number of benzene rings is 2. The Balaban J connectivity index is 1.69. The van der Waals surface area contributed by atoms with Gasteiger partial charge in [0.2, 0.25) is 0 Å². The molecule has 0 radical (unpaired) electrons. The van der Waals surface area contributed by atoms with Crippen LogP contribution in [0.4, 0.5) is 0 Å². The van der Waals surface area contributed by atoms with Crippen LogP contribution in [-0.4, -0.2) is 26.3 Å². The molecule has 6 nitrogen and oxygen atoms in total. The molecule has 130 valence electrons. The highest BCUT2D eigenvalue weighted by atomic mass is 16.4. The van der Waals surface area contributed by atoms with Crippen molar-refractivity contribution in [3.63, 3.8) is 0 Å². The molecule has 2 heterocycles. The largest absolute Gasteiger partial charge is 0.545 e. The number of hydrogen-bond donors (Lipinski definition) is 0. The van der Waals surface area contributed by atoms with Crippen molar-refractivity contribution in [2.45, 2.75) is 19.1 Å². The topological polar surface area (TPSA) is 78.3 Å². The van der Waals surface area contributed by atoms with Crippen molar-refractivity contribution in [3.8, 4) is 0 Å². The lowest BCUT2D eigenvalue weighted by Crippen LogP contribution is -2.42. The highest BCUT2D eigenvalue weighted by molar-refractivity contribution is 5.87. The van der Waals surface area contributed by atoms with Crippen LogP contribution in [0.3, 0.4) is 0 Å². The van der Waals surface area contributed by atoms with Crippen LogP contribution in [0.15, 0.2) is 67.1 Å². The number of rotatable bonds is 4. The van der Waals surface area contributed by atoms with Crippen LogP contribution in [0.2, 0.25) is 0 Å². The number of aromatic nitrogens is 2. The molecule has 6 heteroatoms. The van der Waals surface area contributed by atoms with E-state index < -0.39 is 12.0 Å². The van der Waals surface area contributed by atoms with Gasteiger partial charge in [0.25, 0.3) is 5.91 Å². The number of carboxylic acids is 1. The Labute approximate surface area is 150 Å². The van der Waals surface area contributed by atoms with Crippen LogP contribution in [-0.2, 0) is 17.9 Å². The van der Waals surface area contributed by atoms with Crippen LogP contribution in [0.1, 0.15) is 33.2 Å². The smallest absolute Gasteiger partial charge is 0.250 e. The van der Waals surface area contributed by atoms with Gasteiger partial charge < -0.3 is 19.4 Å². The molecule has 1 unspecified atom stereocenters. The van der Waals surface area contributed by atoms with Gasteiger partial charge in [0, 0.05) is 12.7 Å². The van der Waals surface area contributed by atoms with E-state index in [1.165, 1.54) is 12.1 Å². The molecule has 26 heavy (non-hydrogen) atoms. The number of fused-ring (bicyclic) bond motifs is 1. The van der Waals surface area contributed by atoms with Crippen molar-refractivity contribution in [2.24, 2.45) is 0 Å². The Hall–Kier alpha value is -3.41. The third-order valence-corrected chi connectivity index (χ3v) is 4.60. The van der Waals surface area contributed by atoms with Gasteiger partial charge in [-0.2, -0.15) is 0 Å². The van der Waals surface area contributed by atoms with E-state index in [0.29, 0.717) is 13.1 Å². The van der Waals surface area contributed by atoms with Gasteiger partial charge in [0.05, 0.1) is 24.5 Å². The van der Waals surface area contributed by atoms with E-state index >= 15 is 0 Å². The van der Waals surface area contributed by atoms with Crippen molar-refractivity contribution in [1.82, 2.24) is 14.5 Å². The van der Waals surface area contributed by atoms with Gasteiger partial charge in [-0.15, -0.1) is 0 Å². The minimum Gasteiger partial charge on any atom is -0.545 e. The number of imidazole rings is 1. The predicted octanol–water partition coefficient (Wildman–Crippen LogP) is 1.38. The number of aromatic carboxylic acids is 1. The summed E-state index contributed by atoms with van der Waals surface area (Å²) >= 11 is 0. The molecule has 2 aromatic carbocycles. The highest BCUT2D eigenvalue weighted by Crippen LogP contribution is 2.29. The van der Waals surface area contributed by atoms with Crippen molar-refractivity contribution in [1.29, 1.82) is 0 Å². The fraction of sp³-hybridized carbons (Fsp3) is 0.150. The third-order valence-electron chi connectivity index (χ3n) is 4.60. The van der Waals surface area contributed by atoms with Crippen molar-refractivity contribution >= 4 is 11.9 Å². The lowest BCUT2D eigenvalue weighted by atomic mass is 10.0. The average Bonchev–Trinajstić information content (AvgIpc) is 3.11. The fourth-order valence-corrected chi connectivity index (χ4v) is 3.29. The van der Waals surface area contributed by atoms with Gasteiger partial charge in [-0.25, -0.2) is 4.98 Å². The molecule has 1 atom stereocenters. The zero-order valence-electron chi connectivity index (χ0n) is 13.9. The number of nitrogens with zero attached hydrogens (tertiary/aromatic N) is 3. The maximum atomic E-state index is 13.2. The lowest BCUT2D eigenvalue weighted by molar-refractivity contribution is -0.255. The summed E-state index contributed by atoms with van der Waals surface area (Å²) in [5, 5.41) is 11.0. The molecule has 0 aliphatic carbocycles. The monoisotopic (exact) mass is 346 g/mol. The second-order valence-electron chi connectivity index (χ2n) is 6.28. The summed E-state index contributed by atoms with van der Waals surface area (Å²) in [7, 11) is 0. The number of carbonyl (C=O) groups is 2. The summed E-state index contributed by atoms with van der Waals surface area (Å²) in [6, 6.07) is 15.5. The summed E-state index contributed by atoms with van der Waals surface area (Å²) in [6.45, 7) is 1.000. The molecule has 0 saturated carbocycles. The molecule has 3 aromatic rings. The summed E-state index contributed by atoms with van der Waals surface area (Å²) < 4.78 is 1.85. The standard InChI is InChI=1S/C20H17N3O3/c24-19-18(15-6-8-16(9-7-15)20(25)26)23-13-21-10-17(23)12-22(19)11-14-4-2-1-3-5-14/h1-10,13,18H,11-12H2,(H,25,26)/p-1. The van der Waals surface area contributed by atoms with Crippen molar-refractivity contribution < 1.29 is 14.7 Å². The molecule has 1 aromatic heterocycles. The van der Waals surface area contributed by atoms with Crippen molar-refractivity contribution in [3.05, 3.63) is 89.5 Å². The second-order valence-corrected chi connectivity index (χ2v) is 6.28. The van der Waals surface area contributed by atoms with E-state index in [9.17, 15) is 14.7 Å². The zero-order chi connectivity index (χ0) is 18.1. The molecule has 0 spiro atoms. The first-order valence-electron chi connectivity index (χ1n) is 8.28. The molecule has 0 N–H and O–H groups in total. The van der Waals surface area contributed by atoms with Gasteiger partial charge in [-0.3, -0.25) is 4.79 Å². The molecule has 0 saturated heterocycles. The third kappa shape index (κ3) is 2.86. The van der Waals surface area contributed by atoms with Crippen LogP contribution in [0, 0.1) is 0 Å². The second kappa shape index (κ2) is 6.48. The van der Waals surface area contributed by atoms with Crippen LogP contribution >= 0.6 is 0 Å². The molecule has 1 aliphatic rings. The Morgan fingerprint density at radius 2 is 1.85 bits per heavy atom. The molecule has 0 bridgehead atoms. The van der Waals surface area contributed by atoms with Gasteiger partial charge in [-0.1, -0.05) is 54.6 Å². The average molecular weight is 346 g/mol. The first-order valence-corrected chi connectivity index (χ1v) is 8.28. The molecular formula is C20H16N3O3-. The maximum absolute atomic E-state index is 13.2. The van der Waals surface area contributed by atoms with E-state index in [0.717, 1.165) is 16.8 Å². The normalized spacial score (nSPS) is 16.4. The van der Waals surface area contributed by atoms with Gasteiger partial charge >= 0.3 is 0 Å². The van der Waals surface area contributed by atoms with E-state index in [4.69, 9.17) is 0 Å². The lowest BCUT2D eigenvalue weighted by Gasteiger charge is -2.34. The van der Waals surface area contributed by atoms with Gasteiger partial charge in [0.15, 0.2) is 0 Å². The number of carboxylic acid groups (broad SMARTS) is 1. The van der Waals surface area contributed by atoms with Crippen LogP contribution in [0.25, 0.3) is 0 Å². The minimum atomic E-state index is -1.24. The van der Waals surface area contributed by atoms with Crippen molar-refractivity contribution in [2.75, 3.05) is 0 Å². The first-order chi connectivity index (χ1) is 12.6. The van der Waals surface area contributed by atoms with E-state index in [1.807, 2.05) is 34.9 Å². The minimum absolute atomic E-state index is 0.0412. The highest BCUT2D eigenvalue weighted by Gasteiger charge is 2.33. The summed E-state index contributed by atoms with van der Waals surface area (Å²) in [5.41, 5.74) is 2.80. The fourth-order valence-electron chi connectivity index (χ4n) is 3.29. The van der Waals surface area contributed by atoms with E-state index in [1.54, 1.807) is 29.6 Å². The maximum Gasteiger partial charge on any atom is 0.250 e. The Morgan fingerprint density at radius 1 is 1.12 bits per heavy atom. The molecular weight excluding hydrogens is 330 g/mol. The molecule has 1 aliphatic heterocycles. The Kier molecular flexibility index (Phi) is 4.01. The zero-order valence-corrected chi connectivity index (χ0v) is 13.9. The Bertz CT molecular complexity index is 948. The summed E-state index contributed by atoms with van der Waals surface area (Å²) in [6.07, 6.45) is 3.40.